The Labute approximate surface area is 119 Å². The summed E-state index contributed by atoms with van der Waals surface area (Å²) in [6.45, 7) is 3.83. The molecule has 2 atom stereocenters. The number of carbonyl (C=O) groups excluding carboxylic acids is 2. The normalized spacial score (nSPS) is 13.6. The van der Waals surface area contributed by atoms with Crippen LogP contribution in [-0.2, 0) is 20.7 Å². The van der Waals surface area contributed by atoms with E-state index < -0.39 is 5.97 Å². The Hall–Kier alpha value is -1.29. The van der Waals surface area contributed by atoms with E-state index in [1.807, 2.05) is 37.3 Å². The molecule has 104 valence electrons. The predicted molar refractivity (Wildman–Crippen MR) is 78.3 cm³/mol. The molecule has 1 rings (SSSR count). The van der Waals surface area contributed by atoms with Gasteiger partial charge < -0.3 is 4.74 Å². The van der Waals surface area contributed by atoms with Crippen LogP contribution in [0, 0.1) is 5.92 Å². The third-order valence-corrected chi connectivity index (χ3v) is 3.63. The molecule has 1 aromatic carbocycles. The zero-order valence-electron chi connectivity index (χ0n) is 11.3. The third kappa shape index (κ3) is 5.47. The second-order valence-corrected chi connectivity index (χ2v) is 5.16. The van der Waals surface area contributed by atoms with Crippen LogP contribution < -0.4 is 0 Å². The summed E-state index contributed by atoms with van der Waals surface area (Å²) < 4.78 is 4.78. The van der Waals surface area contributed by atoms with Crippen LogP contribution in [0.5, 0.6) is 0 Å². The van der Waals surface area contributed by atoms with Crippen molar-refractivity contribution in [2.24, 2.45) is 5.92 Å². The first-order valence-electron chi connectivity index (χ1n) is 6.45. The molecule has 4 heteroatoms. The van der Waals surface area contributed by atoms with E-state index in [1.165, 1.54) is 0 Å². The van der Waals surface area contributed by atoms with Crippen molar-refractivity contribution in [3.05, 3.63) is 35.9 Å². The molecule has 0 aliphatic rings. The molecule has 0 fully saturated rings. The Balaban J connectivity index is 2.49. The molecule has 19 heavy (non-hydrogen) atoms. The average molecular weight is 280 g/mol. The Morgan fingerprint density at radius 2 is 1.89 bits per heavy atom. The van der Waals surface area contributed by atoms with Crippen molar-refractivity contribution >= 4 is 24.4 Å². The van der Waals surface area contributed by atoms with Gasteiger partial charge in [-0.25, -0.2) is 0 Å². The van der Waals surface area contributed by atoms with Crippen LogP contribution in [0.1, 0.15) is 25.8 Å². The van der Waals surface area contributed by atoms with Crippen molar-refractivity contribution in [1.82, 2.24) is 0 Å². The smallest absolute Gasteiger partial charge is 0.313 e. The Bertz CT molecular complexity index is 417. The summed E-state index contributed by atoms with van der Waals surface area (Å²) in [7, 11) is 0. The quantitative estimate of drug-likeness (QED) is 0.474. The van der Waals surface area contributed by atoms with Gasteiger partial charge in [-0.15, -0.1) is 0 Å². The fourth-order valence-electron chi connectivity index (χ4n) is 1.76. The second-order valence-electron chi connectivity index (χ2n) is 4.49. The van der Waals surface area contributed by atoms with Gasteiger partial charge in [0.25, 0.3) is 0 Å². The van der Waals surface area contributed by atoms with E-state index in [2.05, 4.69) is 12.6 Å². The number of carbonyl (C=O) groups is 2. The molecule has 0 saturated carbocycles. The number of Topliss-reactive ketones (excluding diaryl/α,β-unsaturated/α-hetero) is 1. The van der Waals surface area contributed by atoms with Crippen molar-refractivity contribution in [3.63, 3.8) is 0 Å². The van der Waals surface area contributed by atoms with Crippen molar-refractivity contribution in [2.75, 3.05) is 6.61 Å². The molecule has 0 heterocycles. The monoisotopic (exact) mass is 280 g/mol. The fourth-order valence-corrected chi connectivity index (χ4v) is 2.14. The molecule has 2 unspecified atom stereocenters. The number of rotatable bonds is 7. The zero-order valence-corrected chi connectivity index (χ0v) is 12.2. The zero-order chi connectivity index (χ0) is 14.3. The summed E-state index contributed by atoms with van der Waals surface area (Å²) in [5.41, 5.74) is 1.14. The molecular formula is C15H20O3S. The first-order chi connectivity index (χ1) is 9.04. The van der Waals surface area contributed by atoms with Gasteiger partial charge in [0.2, 0.25) is 0 Å². The van der Waals surface area contributed by atoms with Crippen LogP contribution in [-0.4, -0.2) is 23.6 Å². The molecule has 0 amide bonds. The first kappa shape index (κ1) is 15.8. The molecule has 0 radical (unpaired) electrons. The lowest BCUT2D eigenvalue weighted by molar-refractivity contribution is -0.146. The molecular weight excluding hydrogens is 260 g/mol. The van der Waals surface area contributed by atoms with E-state index in [4.69, 9.17) is 4.74 Å². The number of hydrogen-bond donors (Lipinski definition) is 1. The SMILES string of the molecule is CCOC(=O)CC(=O)C(C)C(S)Cc1ccccc1. The van der Waals surface area contributed by atoms with Crippen LogP contribution in [0.2, 0.25) is 0 Å². The van der Waals surface area contributed by atoms with Gasteiger partial charge in [-0.3, -0.25) is 9.59 Å². The van der Waals surface area contributed by atoms with E-state index in [9.17, 15) is 9.59 Å². The standard InChI is InChI=1S/C15H20O3S/c1-3-18-15(17)10-13(16)11(2)14(19)9-12-7-5-4-6-8-12/h4-8,11,14,19H,3,9-10H2,1-2H3. The molecule has 0 saturated heterocycles. The van der Waals surface area contributed by atoms with E-state index in [0.717, 1.165) is 5.56 Å². The van der Waals surface area contributed by atoms with Crippen molar-refractivity contribution in [2.45, 2.75) is 31.9 Å². The fraction of sp³-hybridized carbons (Fsp3) is 0.467. The highest BCUT2D eigenvalue weighted by Crippen LogP contribution is 2.18. The topological polar surface area (TPSA) is 43.4 Å². The van der Waals surface area contributed by atoms with Crippen LogP contribution >= 0.6 is 12.6 Å². The lowest BCUT2D eigenvalue weighted by Crippen LogP contribution is -2.26. The highest BCUT2D eigenvalue weighted by molar-refractivity contribution is 7.81. The highest BCUT2D eigenvalue weighted by atomic mass is 32.1. The van der Waals surface area contributed by atoms with Gasteiger partial charge in [0.1, 0.15) is 12.2 Å². The van der Waals surface area contributed by atoms with Gasteiger partial charge in [0.05, 0.1) is 6.61 Å². The van der Waals surface area contributed by atoms with Crippen molar-refractivity contribution in [1.29, 1.82) is 0 Å². The summed E-state index contributed by atoms with van der Waals surface area (Å²) >= 11 is 4.48. The molecule has 3 nitrogen and oxygen atoms in total. The minimum atomic E-state index is -0.459. The number of esters is 1. The lowest BCUT2D eigenvalue weighted by atomic mass is 9.95. The minimum Gasteiger partial charge on any atom is -0.466 e. The van der Waals surface area contributed by atoms with Crippen molar-refractivity contribution < 1.29 is 14.3 Å². The number of ether oxygens (including phenoxy) is 1. The maximum atomic E-state index is 11.9. The molecule has 0 aromatic heterocycles. The van der Waals surface area contributed by atoms with Crippen LogP contribution in [0.15, 0.2) is 30.3 Å². The van der Waals surface area contributed by atoms with E-state index in [1.54, 1.807) is 6.92 Å². The largest absolute Gasteiger partial charge is 0.466 e. The Morgan fingerprint density at radius 3 is 2.47 bits per heavy atom. The van der Waals surface area contributed by atoms with Crippen LogP contribution in [0.3, 0.4) is 0 Å². The van der Waals surface area contributed by atoms with Gasteiger partial charge in [0, 0.05) is 11.2 Å². The maximum absolute atomic E-state index is 11.9. The lowest BCUT2D eigenvalue weighted by Gasteiger charge is -2.17. The van der Waals surface area contributed by atoms with E-state index >= 15 is 0 Å². The van der Waals surface area contributed by atoms with E-state index in [-0.39, 0.29) is 23.4 Å². The Kier molecular flexibility index (Phi) is 6.64. The number of benzene rings is 1. The number of hydrogen-bond acceptors (Lipinski definition) is 4. The molecule has 0 spiro atoms. The third-order valence-electron chi connectivity index (χ3n) is 3.00. The summed E-state index contributed by atoms with van der Waals surface area (Å²) in [5, 5.41) is -0.0932. The highest BCUT2D eigenvalue weighted by Gasteiger charge is 2.23. The number of ketones is 1. The first-order valence-corrected chi connectivity index (χ1v) is 6.96. The summed E-state index contributed by atoms with van der Waals surface area (Å²) in [6, 6.07) is 9.88. The predicted octanol–water partition coefficient (Wildman–Crippen LogP) is 2.69. The molecule has 0 N–H and O–H groups in total. The molecule has 1 aromatic rings. The molecule has 0 aliphatic heterocycles. The van der Waals surface area contributed by atoms with Gasteiger partial charge in [-0.05, 0) is 18.9 Å². The van der Waals surface area contributed by atoms with Crippen LogP contribution in [0.25, 0.3) is 0 Å². The summed E-state index contributed by atoms with van der Waals surface area (Å²) in [4.78, 5) is 23.2. The van der Waals surface area contributed by atoms with Gasteiger partial charge in [-0.1, -0.05) is 37.3 Å². The van der Waals surface area contributed by atoms with Gasteiger partial charge in [0.15, 0.2) is 0 Å². The van der Waals surface area contributed by atoms with Crippen molar-refractivity contribution in [3.8, 4) is 0 Å². The summed E-state index contributed by atoms with van der Waals surface area (Å²) in [6.07, 6.45) is 0.542. The summed E-state index contributed by atoms with van der Waals surface area (Å²) in [5.74, 6) is -0.845. The van der Waals surface area contributed by atoms with Crippen LogP contribution in [0.4, 0.5) is 0 Å². The Morgan fingerprint density at radius 1 is 1.26 bits per heavy atom. The second kappa shape index (κ2) is 8.00. The molecule has 0 aliphatic carbocycles. The minimum absolute atomic E-state index is 0.0932. The van der Waals surface area contributed by atoms with Gasteiger partial charge >= 0.3 is 5.97 Å². The molecule has 0 bridgehead atoms. The average Bonchev–Trinajstić information content (AvgIpc) is 2.39. The maximum Gasteiger partial charge on any atom is 0.313 e. The van der Waals surface area contributed by atoms with E-state index in [0.29, 0.717) is 13.0 Å². The van der Waals surface area contributed by atoms with Gasteiger partial charge in [-0.2, -0.15) is 12.6 Å². The number of thiol groups is 1.